The average molecular weight is 189 g/mol. The van der Waals surface area contributed by atoms with E-state index in [1.807, 2.05) is 31.3 Å². The van der Waals surface area contributed by atoms with Gasteiger partial charge in [0.15, 0.2) is 5.78 Å². The van der Waals surface area contributed by atoms with E-state index in [9.17, 15) is 4.79 Å². The molecule has 1 aromatic rings. The molecule has 1 fully saturated rings. The summed E-state index contributed by atoms with van der Waals surface area (Å²) in [5, 5.41) is 3.04. The molecular weight excluding hydrogens is 174 g/mol. The number of benzene rings is 1. The summed E-state index contributed by atoms with van der Waals surface area (Å²) >= 11 is 0. The zero-order valence-corrected chi connectivity index (χ0v) is 8.42. The van der Waals surface area contributed by atoms with Gasteiger partial charge in [-0.15, -0.1) is 0 Å². The number of carbonyl (C=O) groups is 1. The third-order valence-electron chi connectivity index (χ3n) is 2.93. The van der Waals surface area contributed by atoms with Crippen LogP contribution in [0.1, 0.15) is 29.6 Å². The summed E-state index contributed by atoms with van der Waals surface area (Å²) in [4.78, 5) is 11.8. The third-order valence-corrected chi connectivity index (χ3v) is 2.93. The highest BCUT2D eigenvalue weighted by molar-refractivity contribution is 5.98. The first-order valence-corrected chi connectivity index (χ1v) is 5.13. The summed E-state index contributed by atoms with van der Waals surface area (Å²) in [7, 11) is 1.88. The molecule has 1 aliphatic carbocycles. The van der Waals surface area contributed by atoms with E-state index in [-0.39, 0.29) is 0 Å². The quantitative estimate of drug-likeness (QED) is 0.741. The Bertz CT molecular complexity index is 325. The number of nitrogens with one attached hydrogen (secondary N) is 1. The van der Waals surface area contributed by atoms with E-state index in [0.29, 0.717) is 11.7 Å². The molecule has 0 spiro atoms. The molecule has 0 amide bonds. The topological polar surface area (TPSA) is 29.1 Å². The number of hydrogen-bond donors (Lipinski definition) is 1. The Morgan fingerprint density at radius 1 is 1.29 bits per heavy atom. The van der Waals surface area contributed by atoms with Gasteiger partial charge in [-0.2, -0.15) is 0 Å². The van der Waals surface area contributed by atoms with Gasteiger partial charge in [0.05, 0.1) is 0 Å². The van der Waals surface area contributed by atoms with Crippen LogP contribution in [0.25, 0.3) is 0 Å². The molecule has 74 valence electrons. The van der Waals surface area contributed by atoms with Crippen LogP contribution < -0.4 is 5.32 Å². The van der Waals surface area contributed by atoms with Gasteiger partial charge < -0.3 is 5.32 Å². The summed E-state index contributed by atoms with van der Waals surface area (Å²) in [6.07, 6.45) is 3.37. The first-order valence-electron chi connectivity index (χ1n) is 5.13. The number of Topliss-reactive ketones (excluding diaryl/α,β-unsaturated/α-hetero) is 1. The lowest BCUT2D eigenvalue weighted by molar-refractivity contribution is 0.0855. The predicted octanol–water partition coefficient (Wildman–Crippen LogP) is 2.71. The van der Waals surface area contributed by atoms with Crippen molar-refractivity contribution in [1.29, 1.82) is 0 Å². The van der Waals surface area contributed by atoms with Gasteiger partial charge in [0.25, 0.3) is 0 Å². The second-order valence-electron chi connectivity index (χ2n) is 3.82. The van der Waals surface area contributed by atoms with Crippen molar-refractivity contribution >= 4 is 11.5 Å². The lowest BCUT2D eigenvalue weighted by atomic mass is 9.80. The minimum absolute atomic E-state index is 0.301. The minimum Gasteiger partial charge on any atom is -0.388 e. The molecule has 0 saturated heterocycles. The van der Waals surface area contributed by atoms with Gasteiger partial charge in [-0.3, -0.25) is 4.79 Å². The van der Waals surface area contributed by atoms with E-state index in [0.717, 1.165) is 24.1 Å². The molecule has 1 saturated carbocycles. The fourth-order valence-electron chi connectivity index (χ4n) is 1.71. The van der Waals surface area contributed by atoms with Gasteiger partial charge in [-0.1, -0.05) is 6.42 Å². The van der Waals surface area contributed by atoms with E-state index in [4.69, 9.17) is 0 Å². The summed E-state index contributed by atoms with van der Waals surface area (Å²) in [5.74, 6) is 0.620. The Morgan fingerprint density at radius 3 is 2.36 bits per heavy atom. The molecule has 2 nitrogen and oxygen atoms in total. The van der Waals surface area contributed by atoms with Crippen LogP contribution in [0.15, 0.2) is 24.3 Å². The molecule has 1 aromatic carbocycles. The number of carbonyl (C=O) groups excluding carboxylic acids is 1. The Labute approximate surface area is 84.3 Å². The summed E-state index contributed by atoms with van der Waals surface area (Å²) in [5.41, 5.74) is 1.91. The van der Waals surface area contributed by atoms with E-state index < -0.39 is 0 Å². The van der Waals surface area contributed by atoms with E-state index in [1.54, 1.807) is 0 Å². The summed E-state index contributed by atoms with van der Waals surface area (Å²) in [6.45, 7) is 0. The maximum atomic E-state index is 11.8. The van der Waals surface area contributed by atoms with Crippen LogP contribution in [0.2, 0.25) is 0 Å². The molecule has 1 aliphatic rings. The van der Waals surface area contributed by atoms with Crippen LogP contribution in [0.5, 0.6) is 0 Å². The SMILES string of the molecule is CNc1ccc(C(=O)C2CCC2)cc1. The molecule has 0 atom stereocenters. The molecule has 0 bridgehead atoms. The van der Waals surface area contributed by atoms with Crippen LogP contribution in [-0.2, 0) is 0 Å². The van der Waals surface area contributed by atoms with Crippen molar-refractivity contribution in [1.82, 2.24) is 0 Å². The van der Waals surface area contributed by atoms with Gasteiger partial charge in [0.1, 0.15) is 0 Å². The molecule has 0 unspecified atom stereocenters. The molecule has 0 aliphatic heterocycles. The minimum atomic E-state index is 0.301. The Morgan fingerprint density at radius 2 is 1.93 bits per heavy atom. The fourth-order valence-corrected chi connectivity index (χ4v) is 1.71. The first-order chi connectivity index (χ1) is 6.81. The molecule has 2 heteroatoms. The van der Waals surface area contributed by atoms with Gasteiger partial charge in [0, 0.05) is 24.2 Å². The van der Waals surface area contributed by atoms with Crippen LogP contribution >= 0.6 is 0 Å². The van der Waals surface area contributed by atoms with Gasteiger partial charge in [0.2, 0.25) is 0 Å². The van der Waals surface area contributed by atoms with Crippen LogP contribution in [0, 0.1) is 5.92 Å². The molecule has 0 radical (unpaired) electrons. The van der Waals surface area contributed by atoms with Crippen LogP contribution in [-0.4, -0.2) is 12.8 Å². The standard InChI is InChI=1S/C12H15NO/c1-13-11-7-5-10(6-8-11)12(14)9-3-2-4-9/h5-9,13H,2-4H2,1H3. The Kier molecular flexibility index (Phi) is 2.53. The molecule has 0 heterocycles. The van der Waals surface area contributed by atoms with Gasteiger partial charge in [-0.05, 0) is 37.1 Å². The van der Waals surface area contributed by atoms with Crippen molar-refractivity contribution in [3.8, 4) is 0 Å². The average Bonchev–Trinajstić information content (AvgIpc) is 2.15. The smallest absolute Gasteiger partial charge is 0.165 e. The lowest BCUT2D eigenvalue weighted by Gasteiger charge is -2.23. The maximum Gasteiger partial charge on any atom is 0.165 e. The van der Waals surface area contributed by atoms with Crippen LogP contribution in [0.3, 0.4) is 0 Å². The zero-order chi connectivity index (χ0) is 9.97. The van der Waals surface area contributed by atoms with Crippen molar-refractivity contribution in [2.24, 2.45) is 5.92 Å². The van der Waals surface area contributed by atoms with Gasteiger partial charge in [-0.25, -0.2) is 0 Å². The second-order valence-corrected chi connectivity index (χ2v) is 3.82. The number of hydrogen-bond acceptors (Lipinski definition) is 2. The van der Waals surface area contributed by atoms with Crippen molar-refractivity contribution in [2.75, 3.05) is 12.4 Å². The summed E-state index contributed by atoms with van der Waals surface area (Å²) in [6, 6.07) is 7.72. The number of anilines is 1. The first kappa shape index (κ1) is 9.25. The molecule has 1 N–H and O–H groups in total. The largest absolute Gasteiger partial charge is 0.388 e. The second kappa shape index (κ2) is 3.82. The number of ketones is 1. The normalized spacial score (nSPS) is 16.1. The highest BCUT2D eigenvalue weighted by atomic mass is 16.1. The Hall–Kier alpha value is -1.31. The van der Waals surface area contributed by atoms with E-state index >= 15 is 0 Å². The van der Waals surface area contributed by atoms with Gasteiger partial charge >= 0.3 is 0 Å². The maximum absolute atomic E-state index is 11.8. The fraction of sp³-hybridized carbons (Fsp3) is 0.417. The van der Waals surface area contributed by atoms with E-state index in [2.05, 4.69) is 5.32 Å². The molecule has 14 heavy (non-hydrogen) atoms. The highest BCUT2D eigenvalue weighted by Crippen LogP contribution is 2.29. The third kappa shape index (κ3) is 1.65. The summed E-state index contributed by atoms with van der Waals surface area (Å²) < 4.78 is 0. The van der Waals surface area contributed by atoms with Crippen molar-refractivity contribution in [3.05, 3.63) is 29.8 Å². The predicted molar refractivity (Wildman–Crippen MR) is 57.7 cm³/mol. The molecular formula is C12H15NO. The van der Waals surface area contributed by atoms with Crippen molar-refractivity contribution < 1.29 is 4.79 Å². The van der Waals surface area contributed by atoms with Crippen molar-refractivity contribution in [3.63, 3.8) is 0 Å². The molecule has 2 rings (SSSR count). The van der Waals surface area contributed by atoms with Crippen molar-refractivity contribution in [2.45, 2.75) is 19.3 Å². The van der Waals surface area contributed by atoms with E-state index in [1.165, 1.54) is 6.42 Å². The monoisotopic (exact) mass is 189 g/mol. The molecule has 0 aromatic heterocycles. The highest BCUT2D eigenvalue weighted by Gasteiger charge is 2.25. The number of rotatable bonds is 3. The van der Waals surface area contributed by atoms with Crippen LogP contribution in [0.4, 0.5) is 5.69 Å². The Balaban J connectivity index is 2.11. The lowest BCUT2D eigenvalue weighted by Crippen LogP contribution is -2.21. The zero-order valence-electron chi connectivity index (χ0n) is 8.42.